The molecule has 0 unspecified atom stereocenters. The van der Waals surface area contributed by atoms with Gasteiger partial charge >= 0.3 is 0 Å². The molecule has 5 heteroatoms. The number of rotatable bonds is 3. The van der Waals surface area contributed by atoms with E-state index in [0.717, 1.165) is 5.56 Å². The molecule has 0 N–H and O–H groups in total. The number of ketones is 1. The van der Waals surface area contributed by atoms with Gasteiger partial charge in [0.15, 0.2) is 0 Å². The molecule has 0 saturated carbocycles. The molecular formula is C18H13Cl2NO2. The van der Waals surface area contributed by atoms with Crippen molar-refractivity contribution >= 4 is 41.0 Å². The molecule has 23 heavy (non-hydrogen) atoms. The van der Waals surface area contributed by atoms with Gasteiger partial charge < -0.3 is 4.90 Å². The number of amides is 1. The SMILES string of the molecule is O=C1C(=O)N(Cc2ccccc2)CC1=Cc1ccc(Cl)cc1Cl. The fourth-order valence-corrected chi connectivity index (χ4v) is 2.94. The van der Waals surface area contributed by atoms with E-state index in [1.807, 2.05) is 30.3 Å². The summed E-state index contributed by atoms with van der Waals surface area (Å²) in [7, 11) is 0. The molecule has 2 aromatic rings. The number of Topliss-reactive ketones (excluding diaryl/α,β-unsaturated/α-hetero) is 1. The second-order valence-corrected chi connectivity index (χ2v) is 6.15. The van der Waals surface area contributed by atoms with Gasteiger partial charge in [0.25, 0.3) is 5.91 Å². The second kappa shape index (κ2) is 6.57. The zero-order chi connectivity index (χ0) is 16.4. The van der Waals surface area contributed by atoms with Crippen molar-refractivity contribution in [2.45, 2.75) is 6.54 Å². The van der Waals surface area contributed by atoms with Crippen LogP contribution in [0.2, 0.25) is 10.0 Å². The van der Waals surface area contributed by atoms with Crippen LogP contribution in [0.4, 0.5) is 0 Å². The van der Waals surface area contributed by atoms with Crippen molar-refractivity contribution < 1.29 is 9.59 Å². The summed E-state index contributed by atoms with van der Waals surface area (Å²) < 4.78 is 0. The summed E-state index contributed by atoms with van der Waals surface area (Å²) in [6.07, 6.45) is 1.66. The molecule has 0 spiro atoms. The average molecular weight is 346 g/mol. The molecular weight excluding hydrogens is 333 g/mol. The van der Waals surface area contributed by atoms with Crippen molar-refractivity contribution in [1.82, 2.24) is 4.90 Å². The van der Waals surface area contributed by atoms with Gasteiger partial charge in [0, 0.05) is 22.2 Å². The Morgan fingerprint density at radius 1 is 1.04 bits per heavy atom. The van der Waals surface area contributed by atoms with Gasteiger partial charge in [0.2, 0.25) is 5.78 Å². The van der Waals surface area contributed by atoms with Gasteiger partial charge in [-0.15, -0.1) is 0 Å². The number of likely N-dealkylation sites (tertiary alicyclic amines) is 1. The van der Waals surface area contributed by atoms with E-state index >= 15 is 0 Å². The van der Waals surface area contributed by atoms with Gasteiger partial charge in [-0.2, -0.15) is 0 Å². The van der Waals surface area contributed by atoms with Crippen molar-refractivity contribution in [3.63, 3.8) is 0 Å². The molecule has 0 aliphatic carbocycles. The highest BCUT2D eigenvalue weighted by molar-refractivity contribution is 6.46. The molecule has 1 fully saturated rings. The van der Waals surface area contributed by atoms with Crippen molar-refractivity contribution in [3.05, 3.63) is 75.3 Å². The lowest BCUT2D eigenvalue weighted by Gasteiger charge is -2.13. The number of halogens is 2. The van der Waals surface area contributed by atoms with Crippen LogP contribution in [0.3, 0.4) is 0 Å². The number of nitrogens with zero attached hydrogens (tertiary/aromatic N) is 1. The topological polar surface area (TPSA) is 37.4 Å². The third-order valence-corrected chi connectivity index (χ3v) is 4.21. The fourth-order valence-electron chi connectivity index (χ4n) is 2.48. The van der Waals surface area contributed by atoms with Gasteiger partial charge in [-0.25, -0.2) is 0 Å². The van der Waals surface area contributed by atoms with Gasteiger partial charge in [0.1, 0.15) is 0 Å². The van der Waals surface area contributed by atoms with Gasteiger partial charge in [-0.1, -0.05) is 59.6 Å². The van der Waals surface area contributed by atoms with Crippen LogP contribution < -0.4 is 0 Å². The normalized spacial score (nSPS) is 16.4. The first-order valence-corrected chi connectivity index (χ1v) is 7.83. The van der Waals surface area contributed by atoms with E-state index in [4.69, 9.17) is 23.2 Å². The molecule has 1 aliphatic rings. The molecule has 0 aromatic heterocycles. The lowest BCUT2D eigenvalue weighted by Crippen LogP contribution is -2.26. The first kappa shape index (κ1) is 15.8. The summed E-state index contributed by atoms with van der Waals surface area (Å²) in [6, 6.07) is 14.6. The van der Waals surface area contributed by atoms with Crippen molar-refractivity contribution in [2.24, 2.45) is 0 Å². The number of benzene rings is 2. The molecule has 0 radical (unpaired) electrons. The molecule has 1 aliphatic heterocycles. The van der Waals surface area contributed by atoms with Crippen molar-refractivity contribution in [1.29, 1.82) is 0 Å². The van der Waals surface area contributed by atoms with E-state index in [0.29, 0.717) is 27.7 Å². The summed E-state index contributed by atoms with van der Waals surface area (Å²) in [4.78, 5) is 25.8. The summed E-state index contributed by atoms with van der Waals surface area (Å²) in [6.45, 7) is 0.697. The summed E-state index contributed by atoms with van der Waals surface area (Å²) in [5, 5.41) is 0.975. The largest absolute Gasteiger partial charge is 0.327 e. The van der Waals surface area contributed by atoms with Crippen molar-refractivity contribution in [3.8, 4) is 0 Å². The average Bonchev–Trinajstić information content (AvgIpc) is 2.79. The zero-order valence-electron chi connectivity index (χ0n) is 12.1. The highest BCUT2D eigenvalue weighted by atomic mass is 35.5. The maximum atomic E-state index is 12.2. The summed E-state index contributed by atoms with van der Waals surface area (Å²) in [5.41, 5.74) is 2.10. The number of carbonyl (C=O) groups excluding carboxylic acids is 2. The number of hydrogen-bond acceptors (Lipinski definition) is 2. The Hall–Kier alpha value is -2.10. The maximum absolute atomic E-state index is 12.2. The Morgan fingerprint density at radius 2 is 1.78 bits per heavy atom. The third kappa shape index (κ3) is 3.46. The van der Waals surface area contributed by atoms with Crippen molar-refractivity contribution in [2.75, 3.05) is 6.54 Å². The lowest BCUT2D eigenvalue weighted by molar-refractivity contribution is -0.139. The Balaban J connectivity index is 1.83. The highest BCUT2D eigenvalue weighted by Gasteiger charge is 2.33. The molecule has 0 bridgehead atoms. The quantitative estimate of drug-likeness (QED) is 0.623. The van der Waals surface area contributed by atoms with Crippen LogP contribution in [-0.2, 0) is 16.1 Å². The molecule has 1 amide bonds. The summed E-state index contributed by atoms with van der Waals surface area (Å²) in [5.74, 6) is -0.961. The minimum Gasteiger partial charge on any atom is -0.327 e. The molecule has 0 atom stereocenters. The smallest absolute Gasteiger partial charge is 0.295 e. The van der Waals surface area contributed by atoms with Crippen LogP contribution in [0, 0.1) is 0 Å². The Kier molecular flexibility index (Phi) is 4.51. The molecule has 1 heterocycles. The molecule has 116 valence electrons. The van der Waals surface area contributed by atoms with E-state index in [2.05, 4.69) is 0 Å². The van der Waals surface area contributed by atoms with Crippen LogP contribution in [-0.4, -0.2) is 23.1 Å². The molecule has 2 aromatic carbocycles. The van der Waals surface area contributed by atoms with E-state index < -0.39 is 11.7 Å². The van der Waals surface area contributed by atoms with Gasteiger partial charge in [0.05, 0.1) is 6.54 Å². The van der Waals surface area contributed by atoms with E-state index in [1.54, 1.807) is 24.3 Å². The third-order valence-electron chi connectivity index (χ3n) is 3.64. The fraction of sp³-hybridized carbons (Fsp3) is 0.111. The Morgan fingerprint density at radius 3 is 2.48 bits per heavy atom. The zero-order valence-corrected chi connectivity index (χ0v) is 13.6. The maximum Gasteiger partial charge on any atom is 0.295 e. The Bertz CT molecular complexity index is 800. The predicted molar refractivity (Wildman–Crippen MR) is 91.3 cm³/mol. The number of hydrogen-bond donors (Lipinski definition) is 0. The highest BCUT2D eigenvalue weighted by Crippen LogP contribution is 2.25. The van der Waals surface area contributed by atoms with Gasteiger partial charge in [-0.05, 0) is 29.3 Å². The first-order valence-electron chi connectivity index (χ1n) is 7.08. The van der Waals surface area contributed by atoms with Crippen LogP contribution >= 0.6 is 23.2 Å². The van der Waals surface area contributed by atoms with E-state index in [1.165, 1.54) is 4.90 Å². The Labute approximate surface area is 144 Å². The second-order valence-electron chi connectivity index (χ2n) is 5.31. The van der Waals surface area contributed by atoms with Crippen LogP contribution in [0.15, 0.2) is 54.1 Å². The number of carbonyl (C=O) groups is 2. The monoisotopic (exact) mass is 345 g/mol. The van der Waals surface area contributed by atoms with E-state index in [-0.39, 0.29) is 6.54 Å². The van der Waals surface area contributed by atoms with Crippen LogP contribution in [0.5, 0.6) is 0 Å². The minimum atomic E-state index is -0.481. The molecule has 3 rings (SSSR count). The molecule has 3 nitrogen and oxygen atoms in total. The molecule has 1 saturated heterocycles. The standard InChI is InChI=1S/C18H13Cl2NO2/c19-15-7-6-13(16(20)9-15)8-14-11-21(18(23)17(14)22)10-12-4-2-1-3-5-12/h1-9H,10-11H2. The first-order chi connectivity index (χ1) is 11.0. The minimum absolute atomic E-state index is 0.283. The van der Waals surface area contributed by atoms with Gasteiger partial charge in [-0.3, -0.25) is 9.59 Å². The lowest BCUT2D eigenvalue weighted by atomic mass is 10.1. The van der Waals surface area contributed by atoms with Crippen LogP contribution in [0.25, 0.3) is 6.08 Å². The predicted octanol–water partition coefficient (Wildman–Crippen LogP) is 3.99. The van der Waals surface area contributed by atoms with E-state index in [9.17, 15) is 9.59 Å². The summed E-state index contributed by atoms with van der Waals surface area (Å²) >= 11 is 12.0. The van der Waals surface area contributed by atoms with Crippen LogP contribution in [0.1, 0.15) is 11.1 Å².